The highest BCUT2D eigenvalue weighted by molar-refractivity contribution is 7.99. The maximum Gasteiger partial charge on any atom is 0.193 e. The van der Waals surface area contributed by atoms with E-state index in [1.165, 1.54) is 11.8 Å². The van der Waals surface area contributed by atoms with Crippen LogP contribution in [0, 0.1) is 19.3 Å². The molecule has 6 nitrogen and oxygen atoms in total. The number of hydrogen-bond acceptors (Lipinski definition) is 6. The largest absolute Gasteiger partial charge is 0.384 e. The Balaban J connectivity index is 2.45. The molecule has 0 amide bonds. The number of nitrogens with one attached hydrogen (secondary N) is 1. The fourth-order valence-corrected chi connectivity index (χ4v) is 2.25. The summed E-state index contributed by atoms with van der Waals surface area (Å²) < 4.78 is 0. The van der Waals surface area contributed by atoms with E-state index in [-0.39, 0.29) is 5.84 Å². The first kappa shape index (κ1) is 12.4. The lowest BCUT2D eigenvalue weighted by atomic mass is 10.1. The van der Waals surface area contributed by atoms with E-state index >= 15 is 0 Å². The molecule has 0 fully saturated rings. The average molecular weight is 260 g/mol. The monoisotopic (exact) mass is 260 g/mol. The number of nitrogen functional groups attached to an aromatic ring is 1. The third-order valence-electron chi connectivity index (χ3n) is 2.42. The molecule has 0 aliphatic heterocycles. The molecule has 3 N–H and O–H groups in total. The lowest BCUT2D eigenvalue weighted by Crippen LogP contribution is -2.16. The second kappa shape index (κ2) is 5.09. The summed E-state index contributed by atoms with van der Waals surface area (Å²) in [4.78, 5) is 8.20. The van der Waals surface area contributed by atoms with Crippen molar-refractivity contribution in [3.8, 4) is 0 Å². The van der Waals surface area contributed by atoms with Gasteiger partial charge in [-0.25, -0.2) is 9.97 Å². The number of amidine groups is 1. The molecule has 0 aliphatic rings. The summed E-state index contributed by atoms with van der Waals surface area (Å²) in [6.45, 7) is 3.71. The predicted octanol–water partition coefficient (Wildman–Crippen LogP) is 1.32. The lowest BCUT2D eigenvalue weighted by molar-refractivity contribution is 0.865. The Hall–Kier alpha value is -2.02. The van der Waals surface area contributed by atoms with Crippen LogP contribution in [0.25, 0.3) is 0 Å². The fraction of sp³-hybridized carbons (Fsp3) is 0.182. The first-order valence-electron chi connectivity index (χ1n) is 5.22. The van der Waals surface area contributed by atoms with E-state index in [0.717, 1.165) is 11.3 Å². The highest BCUT2D eigenvalue weighted by Gasteiger charge is 2.15. The molecule has 2 aromatic heterocycles. The highest BCUT2D eigenvalue weighted by Crippen LogP contribution is 2.27. The van der Waals surface area contributed by atoms with Gasteiger partial charge in [-0.05, 0) is 37.2 Å². The van der Waals surface area contributed by atoms with Crippen molar-refractivity contribution >= 4 is 17.6 Å². The number of aryl methyl sites for hydroxylation is 1. The molecule has 0 aromatic carbocycles. The predicted molar refractivity (Wildman–Crippen MR) is 68.7 cm³/mol. The Kier molecular flexibility index (Phi) is 3.52. The summed E-state index contributed by atoms with van der Waals surface area (Å²) >= 11 is 1.25. The Morgan fingerprint density at radius 3 is 2.50 bits per heavy atom. The Labute approximate surface area is 109 Å². The molecule has 7 heteroatoms. The Bertz CT molecular complexity index is 584. The zero-order valence-corrected chi connectivity index (χ0v) is 10.8. The molecule has 0 radical (unpaired) electrons. The van der Waals surface area contributed by atoms with E-state index < -0.39 is 0 Å². The second-order valence-corrected chi connectivity index (χ2v) is 4.59. The van der Waals surface area contributed by atoms with Gasteiger partial charge in [0.2, 0.25) is 0 Å². The van der Waals surface area contributed by atoms with E-state index in [9.17, 15) is 0 Å². The maximum atomic E-state index is 7.64. The SMILES string of the molecule is Cc1nnc(Sc2ncccn2)c(C(=N)N)c1C. The van der Waals surface area contributed by atoms with Crippen LogP contribution in [0.5, 0.6) is 0 Å². The maximum absolute atomic E-state index is 7.64. The van der Waals surface area contributed by atoms with E-state index in [1.807, 2.05) is 13.8 Å². The van der Waals surface area contributed by atoms with Crippen LogP contribution in [0.15, 0.2) is 28.6 Å². The van der Waals surface area contributed by atoms with Gasteiger partial charge in [-0.1, -0.05) is 0 Å². The van der Waals surface area contributed by atoms with Crippen LogP contribution in [-0.2, 0) is 0 Å². The standard InChI is InChI=1S/C11H12N6S/c1-6-7(2)16-17-10(8(6)9(12)13)18-11-14-4-3-5-15-11/h3-5H,1-2H3,(H3,12,13). The summed E-state index contributed by atoms with van der Waals surface area (Å²) in [5.74, 6) is -0.0241. The van der Waals surface area contributed by atoms with Crippen LogP contribution in [0.4, 0.5) is 0 Å². The minimum atomic E-state index is -0.0241. The molecule has 0 atom stereocenters. The van der Waals surface area contributed by atoms with E-state index in [2.05, 4.69) is 20.2 Å². The van der Waals surface area contributed by atoms with Crippen LogP contribution < -0.4 is 5.73 Å². The molecule has 92 valence electrons. The van der Waals surface area contributed by atoms with Crippen LogP contribution in [0.2, 0.25) is 0 Å². The molecule has 0 bridgehead atoms. The van der Waals surface area contributed by atoms with Gasteiger partial charge in [-0.3, -0.25) is 5.41 Å². The smallest absolute Gasteiger partial charge is 0.193 e. The zero-order valence-electron chi connectivity index (χ0n) is 10.0. The number of nitrogens with two attached hydrogens (primary N) is 1. The number of nitrogens with zero attached hydrogens (tertiary/aromatic N) is 4. The van der Waals surface area contributed by atoms with Crippen molar-refractivity contribution in [3.05, 3.63) is 35.3 Å². The van der Waals surface area contributed by atoms with Crippen LogP contribution in [0.1, 0.15) is 16.8 Å². The van der Waals surface area contributed by atoms with Crippen molar-refractivity contribution in [2.45, 2.75) is 24.0 Å². The molecular weight excluding hydrogens is 248 g/mol. The minimum Gasteiger partial charge on any atom is -0.384 e. The van der Waals surface area contributed by atoms with Crippen molar-refractivity contribution in [1.82, 2.24) is 20.2 Å². The van der Waals surface area contributed by atoms with Gasteiger partial charge in [0.25, 0.3) is 0 Å². The molecule has 0 saturated carbocycles. The van der Waals surface area contributed by atoms with Gasteiger partial charge in [-0.15, -0.1) is 5.10 Å². The quantitative estimate of drug-likeness (QED) is 0.490. The first-order valence-corrected chi connectivity index (χ1v) is 6.04. The van der Waals surface area contributed by atoms with Gasteiger partial charge in [-0.2, -0.15) is 5.10 Å². The highest BCUT2D eigenvalue weighted by atomic mass is 32.2. The summed E-state index contributed by atoms with van der Waals surface area (Å²) in [5.41, 5.74) is 7.82. The van der Waals surface area contributed by atoms with Gasteiger partial charge in [0.05, 0.1) is 11.3 Å². The van der Waals surface area contributed by atoms with Crippen molar-refractivity contribution in [3.63, 3.8) is 0 Å². The van der Waals surface area contributed by atoms with E-state index in [1.54, 1.807) is 18.5 Å². The Morgan fingerprint density at radius 1 is 1.22 bits per heavy atom. The van der Waals surface area contributed by atoms with Gasteiger partial charge in [0, 0.05) is 12.4 Å². The van der Waals surface area contributed by atoms with Crippen molar-refractivity contribution in [2.75, 3.05) is 0 Å². The molecule has 0 spiro atoms. The van der Waals surface area contributed by atoms with Gasteiger partial charge >= 0.3 is 0 Å². The summed E-state index contributed by atoms with van der Waals surface area (Å²) in [7, 11) is 0. The lowest BCUT2D eigenvalue weighted by Gasteiger charge is -2.09. The van der Waals surface area contributed by atoms with Crippen molar-refractivity contribution < 1.29 is 0 Å². The van der Waals surface area contributed by atoms with Crippen molar-refractivity contribution in [1.29, 1.82) is 5.41 Å². The molecule has 0 unspecified atom stereocenters. The molecule has 2 heterocycles. The van der Waals surface area contributed by atoms with E-state index in [0.29, 0.717) is 15.7 Å². The number of hydrogen-bond donors (Lipinski definition) is 2. The van der Waals surface area contributed by atoms with Crippen molar-refractivity contribution in [2.24, 2.45) is 5.73 Å². The summed E-state index contributed by atoms with van der Waals surface area (Å²) in [6.07, 6.45) is 3.30. The number of aromatic nitrogens is 4. The molecule has 0 saturated heterocycles. The normalized spacial score (nSPS) is 10.3. The summed E-state index contributed by atoms with van der Waals surface area (Å²) in [6, 6.07) is 1.74. The number of rotatable bonds is 3. The van der Waals surface area contributed by atoms with Gasteiger partial charge in [0.1, 0.15) is 10.9 Å². The zero-order chi connectivity index (χ0) is 13.1. The average Bonchev–Trinajstić information content (AvgIpc) is 2.35. The molecular formula is C11H12N6S. The minimum absolute atomic E-state index is 0.0241. The van der Waals surface area contributed by atoms with Crippen LogP contribution >= 0.6 is 11.8 Å². The topological polar surface area (TPSA) is 101 Å². The Morgan fingerprint density at radius 2 is 1.89 bits per heavy atom. The third-order valence-corrected chi connectivity index (χ3v) is 3.29. The molecule has 0 aliphatic carbocycles. The summed E-state index contributed by atoms with van der Waals surface area (Å²) in [5, 5.41) is 16.8. The van der Waals surface area contributed by atoms with E-state index in [4.69, 9.17) is 11.1 Å². The third kappa shape index (κ3) is 2.45. The van der Waals surface area contributed by atoms with Gasteiger partial charge < -0.3 is 5.73 Å². The molecule has 2 rings (SSSR count). The second-order valence-electron chi connectivity index (χ2n) is 3.64. The fourth-order valence-electron chi connectivity index (χ4n) is 1.40. The first-order chi connectivity index (χ1) is 8.59. The molecule has 2 aromatic rings. The van der Waals surface area contributed by atoms with Gasteiger partial charge in [0.15, 0.2) is 5.16 Å². The molecule has 18 heavy (non-hydrogen) atoms. The van der Waals surface area contributed by atoms with Crippen LogP contribution in [-0.4, -0.2) is 26.0 Å². The van der Waals surface area contributed by atoms with Crippen LogP contribution in [0.3, 0.4) is 0 Å².